The molecule has 0 radical (unpaired) electrons. The first-order valence-corrected chi connectivity index (χ1v) is 6.71. The molecule has 112 valence electrons. The normalized spacial score (nSPS) is 9.00. The highest BCUT2D eigenvalue weighted by Crippen LogP contribution is 2.12. The van der Waals surface area contributed by atoms with E-state index < -0.39 is 0 Å². The molecular weight excluding hydrogens is 256 g/mol. The lowest BCUT2D eigenvalue weighted by Gasteiger charge is -2.17. The highest BCUT2D eigenvalue weighted by atomic mass is 16.5. The fraction of sp³-hybridized carbons (Fsp3) is 0.467. The minimum atomic E-state index is 0.000156. The van der Waals surface area contributed by atoms with Crippen LogP contribution in [0.25, 0.3) is 0 Å². The lowest BCUT2D eigenvalue weighted by Crippen LogP contribution is -2.29. The first kappa shape index (κ1) is 18.0. The van der Waals surface area contributed by atoms with E-state index in [-0.39, 0.29) is 5.91 Å². The molecule has 1 aromatic rings. The van der Waals surface area contributed by atoms with Crippen molar-refractivity contribution in [2.45, 2.75) is 26.8 Å². The predicted molar refractivity (Wildman–Crippen MR) is 79.5 cm³/mol. The van der Waals surface area contributed by atoms with E-state index in [1.54, 1.807) is 19.1 Å². The van der Waals surface area contributed by atoms with Crippen LogP contribution in [0.4, 0.5) is 0 Å². The monoisotopic (exact) mass is 280 g/mol. The molecule has 0 fully saturated rings. The van der Waals surface area contributed by atoms with Crippen molar-refractivity contribution in [3.05, 3.63) is 29.8 Å². The smallest absolute Gasteiger partial charge is 0.224 e. The lowest BCUT2D eigenvalue weighted by molar-refractivity contribution is -0.130. The number of methoxy groups -OCH3 is 1. The van der Waals surface area contributed by atoms with Gasteiger partial charge in [-0.2, -0.15) is 0 Å². The molecule has 1 N–H and O–H groups in total. The molecular formula is C15H24N2O3. The van der Waals surface area contributed by atoms with Gasteiger partial charge >= 0.3 is 0 Å². The van der Waals surface area contributed by atoms with Crippen LogP contribution in [0.3, 0.4) is 0 Å². The third-order valence-electron chi connectivity index (χ3n) is 2.57. The Balaban J connectivity index is 0.00000172. The summed E-state index contributed by atoms with van der Waals surface area (Å²) in [6.45, 7) is 4.92. The molecule has 0 atom stereocenters. The van der Waals surface area contributed by atoms with Crippen LogP contribution in [0, 0.1) is 0 Å². The van der Waals surface area contributed by atoms with Crippen molar-refractivity contribution in [3.63, 3.8) is 0 Å². The molecule has 20 heavy (non-hydrogen) atoms. The molecule has 2 amide bonds. The van der Waals surface area contributed by atoms with Gasteiger partial charge < -0.3 is 15.0 Å². The Labute approximate surface area is 120 Å². The Hall–Kier alpha value is -2.04. The maximum absolute atomic E-state index is 11.7. The molecule has 0 aromatic heterocycles. The zero-order chi connectivity index (χ0) is 15.4. The van der Waals surface area contributed by atoms with Crippen molar-refractivity contribution in [1.82, 2.24) is 10.2 Å². The number of hydrogen-bond acceptors (Lipinski definition) is 3. The van der Waals surface area contributed by atoms with Gasteiger partial charge in [0.05, 0.1) is 7.11 Å². The number of benzene rings is 1. The second kappa shape index (κ2) is 10.8. The third-order valence-corrected chi connectivity index (χ3v) is 2.57. The van der Waals surface area contributed by atoms with Crippen LogP contribution in [0.15, 0.2) is 24.3 Å². The molecule has 0 unspecified atom stereocenters. The second-order valence-electron chi connectivity index (χ2n) is 3.92. The number of nitrogens with one attached hydrogen (secondary N) is 1. The number of carbonyl (C=O) groups is 2. The van der Waals surface area contributed by atoms with E-state index in [1.807, 2.05) is 38.1 Å². The minimum absolute atomic E-state index is 0.000156. The van der Waals surface area contributed by atoms with Crippen molar-refractivity contribution in [2.24, 2.45) is 0 Å². The summed E-state index contributed by atoms with van der Waals surface area (Å²) in [5.74, 6) is 0.795. The molecule has 0 aliphatic rings. The average molecular weight is 280 g/mol. The Bertz CT molecular complexity index is 391. The first-order valence-electron chi connectivity index (χ1n) is 6.71. The molecule has 0 bridgehead atoms. The van der Waals surface area contributed by atoms with E-state index in [0.29, 0.717) is 25.9 Å². The van der Waals surface area contributed by atoms with Crippen LogP contribution in [0.5, 0.6) is 5.75 Å². The molecule has 0 heterocycles. The Morgan fingerprint density at radius 1 is 1.30 bits per heavy atom. The summed E-state index contributed by atoms with van der Waals surface area (Å²) in [5, 5.41) is 2.47. The van der Waals surface area contributed by atoms with Crippen molar-refractivity contribution in [2.75, 3.05) is 20.7 Å². The van der Waals surface area contributed by atoms with E-state index >= 15 is 0 Å². The number of hydrogen-bond donors (Lipinski definition) is 1. The van der Waals surface area contributed by atoms with Gasteiger partial charge in [-0.1, -0.05) is 26.0 Å². The van der Waals surface area contributed by atoms with Crippen LogP contribution in [0.2, 0.25) is 0 Å². The molecule has 0 saturated heterocycles. The van der Waals surface area contributed by atoms with Gasteiger partial charge in [-0.15, -0.1) is 0 Å². The van der Waals surface area contributed by atoms with Crippen LogP contribution in [0.1, 0.15) is 25.8 Å². The number of carbonyl (C=O) groups excluding carboxylic acids is 2. The Morgan fingerprint density at radius 3 is 2.40 bits per heavy atom. The quantitative estimate of drug-likeness (QED) is 0.612. The minimum Gasteiger partial charge on any atom is -0.497 e. The van der Waals surface area contributed by atoms with Gasteiger partial charge in [0.2, 0.25) is 12.3 Å². The zero-order valence-corrected chi connectivity index (χ0v) is 12.7. The Morgan fingerprint density at radius 2 is 1.90 bits per heavy atom. The van der Waals surface area contributed by atoms with E-state index in [1.165, 1.54) is 0 Å². The zero-order valence-electron chi connectivity index (χ0n) is 12.7. The molecule has 0 aliphatic carbocycles. The summed E-state index contributed by atoms with van der Waals surface area (Å²) in [4.78, 5) is 23.4. The maximum Gasteiger partial charge on any atom is 0.224 e. The van der Waals surface area contributed by atoms with Gasteiger partial charge in [0.25, 0.3) is 0 Å². The topological polar surface area (TPSA) is 58.6 Å². The SMILES string of the molecule is CC.COc1ccc(CN(C)C(=O)CCNC=O)cc1. The highest BCUT2D eigenvalue weighted by Gasteiger charge is 2.08. The van der Waals surface area contributed by atoms with Crippen LogP contribution in [-0.2, 0) is 16.1 Å². The van der Waals surface area contributed by atoms with Crippen LogP contribution >= 0.6 is 0 Å². The summed E-state index contributed by atoms with van der Waals surface area (Å²) in [7, 11) is 3.36. The summed E-state index contributed by atoms with van der Waals surface area (Å²) in [5.41, 5.74) is 1.04. The summed E-state index contributed by atoms with van der Waals surface area (Å²) in [6, 6.07) is 7.57. The molecule has 0 saturated carbocycles. The van der Waals surface area contributed by atoms with Gasteiger partial charge in [-0.3, -0.25) is 9.59 Å². The van der Waals surface area contributed by atoms with E-state index in [9.17, 15) is 9.59 Å². The van der Waals surface area contributed by atoms with Crippen LogP contribution in [-0.4, -0.2) is 37.9 Å². The van der Waals surface area contributed by atoms with Crippen molar-refractivity contribution in [1.29, 1.82) is 0 Å². The van der Waals surface area contributed by atoms with E-state index in [2.05, 4.69) is 5.32 Å². The molecule has 1 aromatic carbocycles. The van der Waals surface area contributed by atoms with Gasteiger partial charge in [-0.05, 0) is 17.7 Å². The van der Waals surface area contributed by atoms with Crippen molar-refractivity contribution < 1.29 is 14.3 Å². The number of amides is 2. The largest absolute Gasteiger partial charge is 0.497 e. The molecule has 5 nitrogen and oxygen atoms in total. The Kier molecular flexibility index (Phi) is 9.74. The lowest BCUT2D eigenvalue weighted by atomic mass is 10.2. The molecule has 1 rings (SSSR count). The predicted octanol–water partition coefficient (Wildman–Crippen LogP) is 1.82. The van der Waals surface area contributed by atoms with Crippen LogP contribution < -0.4 is 10.1 Å². The standard InChI is InChI=1S/C13H18N2O3.C2H6/c1-15(13(17)7-8-14-10-16)9-11-3-5-12(18-2)6-4-11;1-2/h3-6,10H,7-9H2,1-2H3,(H,14,16);1-2H3. The molecule has 5 heteroatoms. The van der Waals surface area contributed by atoms with Gasteiger partial charge in [-0.25, -0.2) is 0 Å². The van der Waals surface area contributed by atoms with E-state index in [0.717, 1.165) is 11.3 Å². The second-order valence-corrected chi connectivity index (χ2v) is 3.92. The third kappa shape index (κ3) is 6.78. The number of rotatable bonds is 7. The highest BCUT2D eigenvalue weighted by molar-refractivity contribution is 5.76. The summed E-state index contributed by atoms with van der Waals surface area (Å²) < 4.78 is 5.07. The van der Waals surface area contributed by atoms with Crippen molar-refractivity contribution in [3.8, 4) is 5.75 Å². The summed E-state index contributed by atoms with van der Waals surface area (Å²) >= 11 is 0. The van der Waals surface area contributed by atoms with E-state index in [4.69, 9.17) is 4.74 Å². The first-order chi connectivity index (χ1) is 9.67. The maximum atomic E-state index is 11.7. The fourth-order valence-corrected chi connectivity index (χ4v) is 1.52. The van der Waals surface area contributed by atoms with Crippen molar-refractivity contribution >= 4 is 12.3 Å². The number of ether oxygens (including phenoxy) is 1. The van der Waals surface area contributed by atoms with Gasteiger partial charge in [0, 0.05) is 26.6 Å². The fourth-order valence-electron chi connectivity index (χ4n) is 1.52. The molecule has 0 spiro atoms. The molecule has 0 aliphatic heterocycles. The van der Waals surface area contributed by atoms with Gasteiger partial charge in [0.15, 0.2) is 0 Å². The number of nitrogens with zero attached hydrogens (tertiary/aromatic N) is 1. The average Bonchev–Trinajstić information content (AvgIpc) is 2.50. The van der Waals surface area contributed by atoms with Gasteiger partial charge in [0.1, 0.15) is 5.75 Å². The summed E-state index contributed by atoms with van der Waals surface area (Å²) in [6.07, 6.45) is 0.905.